The summed E-state index contributed by atoms with van der Waals surface area (Å²) in [5.74, 6) is 0.312. The van der Waals surface area contributed by atoms with E-state index in [0.717, 1.165) is 38.0 Å². The van der Waals surface area contributed by atoms with Crippen LogP contribution < -0.4 is 5.32 Å². The lowest BCUT2D eigenvalue weighted by molar-refractivity contribution is -0.134. The van der Waals surface area contributed by atoms with Gasteiger partial charge in [0.05, 0.1) is 6.54 Å². The summed E-state index contributed by atoms with van der Waals surface area (Å²) >= 11 is 0. The molecule has 2 rings (SSSR count). The molecule has 1 aliphatic heterocycles. The number of rotatable bonds is 5. The second kappa shape index (κ2) is 8.11. The molecule has 0 aliphatic carbocycles. The second-order valence-electron chi connectivity index (χ2n) is 6.39. The molecule has 1 heterocycles. The average Bonchev–Trinajstić information content (AvgIpc) is 2.54. The topological polar surface area (TPSA) is 52.7 Å². The number of hydrogen-bond donors (Lipinski definition) is 1. The van der Waals surface area contributed by atoms with Crippen molar-refractivity contribution in [1.82, 2.24) is 9.80 Å². The molecule has 0 saturated carbocycles. The van der Waals surface area contributed by atoms with Crippen LogP contribution in [0.5, 0.6) is 0 Å². The Balaban J connectivity index is 1.79. The fourth-order valence-corrected chi connectivity index (χ4v) is 2.98. The molecule has 1 saturated heterocycles. The minimum Gasteiger partial charge on any atom is -0.349 e. The molecule has 2 amide bonds. The van der Waals surface area contributed by atoms with Crippen LogP contribution in [0, 0.1) is 5.92 Å². The smallest absolute Gasteiger partial charge is 0.238 e. The molecular formula is C18H27N3O2. The largest absolute Gasteiger partial charge is 0.349 e. The van der Waals surface area contributed by atoms with Crippen molar-refractivity contribution < 1.29 is 9.59 Å². The first-order chi connectivity index (χ1) is 11.0. The van der Waals surface area contributed by atoms with Crippen LogP contribution in [0.25, 0.3) is 0 Å². The Bertz CT molecular complexity index is 549. The maximum absolute atomic E-state index is 12.2. The molecule has 1 aliphatic rings. The number of aryl methyl sites for hydroxylation is 1. The van der Waals surface area contributed by atoms with E-state index in [2.05, 4.69) is 23.2 Å². The summed E-state index contributed by atoms with van der Waals surface area (Å²) in [5.41, 5.74) is 2.07. The van der Waals surface area contributed by atoms with E-state index in [4.69, 9.17) is 0 Å². The molecule has 0 spiro atoms. The molecule has 0 unspecified atom stereocenters. The summed E-state index contributed by atoms with van der Waals surface area (Å²) in [5, 5.41) is 2.96. The summed E-state index contributed by atoms with van der Waals surface area (Å²) < 4.78 is 0. The first kappa shape index (κ1) is 17.5. The fraction of sp³-hybridized carbons (Fsp3) is 0.556. The first-order valence-electron chi connectivity index (χ1n) is 8.32. The van der Waals surface area contributed by atoms with E-state index in [1.54, 1.807) is 19.0 Å². The number of benzene rings is 1. The van der Waals surface area contributed by atoms with Gasteiger partial charge in [-0.1, -0.05) is 19.1 Å². The maximum atomic E-state index is 12.2. The molecule has 1 aromatic carbocycles. The predicted molar refractivity (Wildman–Crippen MR) is 92.3 cm³/mol. The van der Waals surface area contributed by atoms with E-state index >= 15 is 0 Å². The summed E-state index contributed by atoms with van der Waals surface area (Å²) in [6, 6.07) is 7.95. The van der Waals surface area contributed by atoms with E-state index in [0.29, 0.717) is 6.54 Å². The van der Waals surface area contributed by atoms with Gasteiger partial charge in [0.2, 0.25) is 11.8 Å². The third-order valence-corrected chi connectivity index (χ3v) is 4.36. The van der Waals surface area contributed by atoms with Crippen LogP contribution in [0.3, 0.4) is 0 Å². The van der Waals surface area contributed by atoms with Gasteiger partial charge in [0.25, 0.3) is 0 Å². The van der Waals surface area contributed by atoms with Gasteiger partial charge < -0.3 is 10.2 Å². The quantitative estimate of drug-likeness (QED) is 0.903. The monoisotopic (exact) mass is 317 g/mol. The lowest BCUT2D eigenvalue weighted by Crippen LogP contribution is -2.43. The predicted octanol–water partition coefficient (Wildman–Crippen LogP) is 1.99. The summed E-state index contributed by atoms with van der Waals surface area (Å²) in [6.45, 7) is 4.08. The van der Waals surface area contributed by atoms with Gasteiger partial charge in [-0.3, -0.25) is 14.5 Å². The molecular weight excluding hydrogens is 290 g/mol. The highest BCUT2D eigenvalue weighted by Gasteiger charge is 2.26. The van der Waals surface area contributed by atoms with E-state index in [1.165, 1.54) is 5.56 Å². The Morgan fingerprint density at radius 1 is 1.26 bits per heavy atom. The third-order valence-electron chi connectivity index (χ3n) is 4.36. The molecule has 1 aromatic rings. The number of nitrogens with zero attached hydrogens (tertiary/aromatic N) is 2. The van der Waals surface area contributed by atoms with Crippen LogP contribution in [-0.2, 0) is 16.0 Å². The fourth-order valence-electron chi connectivity index (χ4n) is 2.98. The van der Waals surface area contributed by atoms with Gasteiger partial charge in [0, 0.05) is 25.7 Å². The van der Waals surface area contributed by atoms with Gasteiger partial charge in [0.1, 0.15) is 0 Å². The summed E-state index contributed by atoms with van der Waals surface area (Å²) in [7, 11) is 3.60. The minimum atomic E-state index is 0.00985. The zero-order valence-corrected chi connectivity index (χ0v) is 14.3. The minimum absolute atomic E-state index is 0.00985. The number of nitrogens with one attached hydrogen (secondary N) is 1. The Hall–Kier alpha value is -1.88. The molecule has 1 fully saturated rings. The van der Waals surface area contributed by atoms with Crippen LogP contribution in [0.4, 0.5) is 5.69 Å². The van der Waals surface area contributed by atoms with Gasteiger partial charge >= 0.3 is 0 Å². The van der Waals surface area contributed by atoms with Gasteiger partial charge in [-0.2, -0.15) is 0 Å². The molecule has 5 heteroatoms. The van der Waals surface area contributed by atoms with Gasteiger partial charge in [-0.15, -0.1) is 0 Å². The standard InChI is InChI=1S/C18H27N3O2/c1-4-14-6-5-7-16(12-14)19-17(22)13-21-10-8-15(9-11-21)18(23)20(2)3/h5-7,12,15H,4,8-11,13H2,1-3H3,(H,19,22). The molecule has 1 N–H and O–H groups in total. The van der Waals surface area contributed by atoms with E-state index in [1.807, 2.05) is 18.2 Å². The van der Waals surface area contributed by atoms with E-state index in [9.17, 15) is 9.59 Å². The van der Waals surface area contributed by atoms with Crippen molar-refractivity contribution in [3.8, 4) is 0 Å². The molecule has 5 nitrogen and oxygen atoms in total. The number of anilines is 1. The van der Waals surface area contributed by atoms with Crippen molar-refractivity contribution in [3.05, 3.63) is 29.8 Å². The zero-order chi connectivity index (χ0) is 16.8. The highest BCUT2D eigenvalue weighted by Crippen LogP contribution is 2.19. The van der Waals surface area contributed by atoms with Crippen molar-refractivity contribution in [3.63, 3.8) is 0 Å². The molecule has 126 valence electrons. The highest BCUT2D eigenvalue weighted by atomic mass is 16.2. The molecule has 0 atom stereocenters. The maximum Gasteiger partial charge on any atom is 0.238 e. The normalized spacial score (nSPS) is 16.1. The van der Waals surface area contributed by atoms with Gasteiger partial charge in [-0.25, -0.2) is 0 Å². The molecule has 0 aromatic heterocycles. The Morgan fingerprint density at radius 2 is 1.96 bits per heavy atom. The van der Waals surface area contributed by atoms with Crippen molar-refractivity contribution in [2.45, 2.75) is 26.2 Å². The first-order valence-corrected chi connectivity index (χ1v) is 8.32. The van der Waals surface area contributed by atoms with Crippen molar-refractivity contribution >= 4 is 17.5 Å². The van der Waals surface area contributed by atoms with Crippen LogP contribution in [0.1, 0.15) is 25.3 Å². The molecule has 0 bridgehead atoms. The van der Waals surface area contributed by atoms with Crippen LogP contribution in [-0.4, -0.2) is 55.3 Å². The van der Waals surface area contributed by atoms with E-state index in [-0.39, 0.29) is 17.7 Å². The Labute approximate surface area is 138 Å². The van der Waals surface area contributed by atoms with Crippen LogP contribution in [0.15, 0.2) is 24.3 Å². The van der Waals surface area contributed by atoms with Crippen molar-refractivity contribution in [1.29, 1.82) is 0 Å². The highest BCUT2D eigenvalue weighted by molar-refractivity contribution is 5.92. The summed E-state index contributed by atoms with van der Waals surface area (Å²) in [4.78, 5) is 27.9. The lowest BCUT2D eigenvalue weighted by atomic mass is 9.95. The van der Waals surface area contributed by atoms with Gasteiger partial charge in [-0.05, 0) is 50.0 Å². The van der Waals surface area contributed by atoms with Crippen molar-refractivity contribution in [2.24, 2.45) is 5.92 Å². The van der Waals surface area contributed by atoms with Crippen LogP contribution in [0.2, 0.25) is 0 Å². The summed E-state index contributed by atoms with van der Waals surface area (Å²) in [6.07, 6.45) is 2.61. The lowest BCUT2D eigenvalue weighted by Gasteiger charge is -2.31. The van der Waals surface area contributed by atoms with Gasteiger partial charge in [0.15, 0.2) is 0 Å². The number of likely N-dealkylation sites (tertiary alicyclic amines) is 1. The zero-order valence-electron chi connectivity index (χ0n) is 14.3. The SMILES string of the molecule is CCc1cccc(NC(=O)CN2CCC(C(=O)N(C)C)CC2)c1. The van der Waals surface area contributed by atoms with Crippen molar-refractivity contribution in [2.75, 3.05) is 39.0 Å². The second-order valence-corrected chi connectivity index (χ2v) is 6.39. The average molecular weight is 317 g/mol. The number of piperidine rings is 1. The molecule has 23 heavy (non-hydrogen) atoms. The Kier molecular flexibility index (Phi) is 6.16. The van der Waals surface area contributed by atoms with E-state index < -0.39 is 0 Å². The number of carbonyl (C=O) groups excluding carboxylic acids is 2. The van der Waals surface area contributed by atoms with Crippen LogP contribution >= 0.6 is 0 Å². The molecule has 0 radical (unpaired) electrons. The Morgan fingerprint density at radius 3 is 2.57 bits per heavy atom. The number of carbonyl (C=O) groups is 2. The number of amides is 2. The third kappa shape index (κ3) is 5.06. The number of hydrogen-bond acceptors (Lipinski definition) is 3.